The first-order valence-corrected chi connectivity index (χ1v) is 11.2. The third kappa shape index (κ3) is 4.51. The second-order valence-electron chi connectivity index (χ2n) is 7.94. The summed E-state index contributed by atoms with van der Waals surface area (Å²) in [5.41, 5.74) is 2.40. The van der Waals surface area contributed by atoms with Gasteiger partial charge in [-0.1, -0.05) is 13.0 Å². The van der Waals surface area contributed by atoms with E-state index in [-0.39, 0.29) is 16.1 Å². The average molecular weight is 419 g/mol. The van der Waals surface area contributed by atoms with Gasteiger partial charge in [-0.3, -0.25) is 4.79 Å². The van der Waals surface area contributed by atoms with Crippen molar-refractivity contribution in [3.63, 3.8) is 0 Å². The van der Waals surface area contributed by atoms with Crippen molar-refractivity contribution in [3.05, 3.63) is 58.4 Å². The third-order valence-corrected chi connectivity index (χ3v) is 7.64. The molecule has 0 spiro atoms. The van der Waals surface area contributed by atoms with Crippen molar-refractivity contribution in [1.29, 1.82) is 0 Å². The maximum atomic E-state index is 14.0. The zero-order chi connectivity index (χ0) is 21.3. The molecule has 7 heteroatoms. The van der Waals surface area contributed by atoms with E-state index in [2.05, 4.69) is 12.2 Å². The molecule has 3 rings (SSSR count). The summed E-state index contributed by atoms with van der Waals surface area (Å²) in [6, 6.07) is 7.49. The van der Waals surface area contributed by atoms with Gasteiger partial charge in [-0.15, -0.1) is 0 Å². The first-order chi connectivity index (χ1) is 13.6. The number of carbonyl (C=O) groups excluding carboxylic acids is 1. The zero-order valence-corrected chi connectivity index (χ0v) is 18.1. The van der Waals surface area contributed by atoms with Crippen LogP contribution in [0.2, 0.25) is 0 Å². The van der Waals surface area contributed by atoms with Gasteiger partial charge in [0.1, 0.15) is 5.82 Å². The van der Waals surface area contributed by atoms with E-state index in [0.29, 0.717) is 30.1 Å². The molecule has 1 N–H and O–H groups in total. The van der Waals surface area contributed by atoms with Crippen LogP contribution >= 0.6 is 0 Å². The van der Waals surface area contributed by atoms with Gasteiger partial charge in [0, 0.05) is 18.7 Å². The Balaban J connectivity index is 1.95. The SMILES string of the molecule is Cc1ccc(F)c(NC(=O)c2cc(C)c(C)c(S(=O)(=O)N3CCC(C)CC3)c2)c1. The maximum Gasteiger partial charge on any atom is 0.255 e. The van der Waals surface area contributed by atoms with E-state index < -0.39 is 21.7 Å². The second kappa shape index (κ2) is 8.24. The van der Waals surface area contributed by atoms with E-state index >= 15 is 0 Å². The van der Waals surface area contributed by atoms with Crippen molar-refractivity contribution < 1.29 is 17.6 Å². The van der Waals surface area contributed by atoms with Crippen molar-refractivity contribution in [2.75, 3.05) is 18.4 Å². The number of nitrogens with zero attached hydrogens (tertiary/aromatic N) is 1. The lowest BCUT2D eigenvalue weighted by Gasteiger charge is -2.30. The molecule has 0 aliphatic carbocycles. The summed E-state index contributed by atoms with van der Waals surface area (Å²) in [5.74, 6) is -0.574. The first kappa shape index (κ1) is 21.5. The minimum atomic E-state index is -3.70. The van der Waals surface area contributed by atoms with Crippen LogP contribution in [0.25, 0.3) is 0 Å². The quantitative estimate of drug-likeness (QED) is 0.799. The number of benzene rings is 2. The molecule has 1 heterocycles. The van der Waals surface area contributed by atoms with Gasteiger partial charge >= 0.3 is 0 Å². The number of nitrogens with one attached hydrogen (secondary N) is 1. The van der Waals surface area contributed by atoms with Gasteiger partial charge in [0.25, 0.3) is 5.91 Å². The fourth-order valence-electron chi connectivity index (χ4n) is 3.52. The summed E-state index contributed by atoms with van der Waals surface area (Å²) in [6.07, 6.45) is 1.65. The molecule has 0 unspecified atom stereocenters. The summed E-state index contributed by atoms with van der Waals surface area (Å²) >= 11 is 0. The van der Waals surface area contributed by atoms with Crippen molar-refractivity contribution in [3.8, 4) is 0 Å². The van der Waals surface area contributed by atoms with E-state index in [9.17, 15) is 17.6 Å². The van der Waals surface area contributed by atoms with Crippen LogP contribution in [-0.2, 0) is 10.0 Å². The highest BCUT2D eigenvalue weighted by atomic mass is 32.2. The Morgan fingerprint density at radius 2 is 1.76 bits per heavy atom. The van der Waals surface area contributed by atoms with E-state index in [4.69, 9.17) is 0 Å². The minimum absolute atomic E-state index is 0.0719. The number of anilines is 1. The number of piperidine rings is 1. The topological polar surface area (TPSA) is 66.5 Å². The second-order valence-corrected chi connectivity index (χ2v) is 9.85. The fraction of sp³-hybridized carbons (Fsp3) is 0.409. The van der Waals surface area contributed by atoms with Crippen molar-refractivity contribution >= 4 is 21.6 Å². The van der Waals surface area contributed by atoms with Crippen molar-refractivity contribution in [2.24, 2.45) is 5.92 Å². The van der Waals surface area contributed by atoms with Gasteiger partial charge < -0.3 is 5.32 Å². The van der Waals surface area contributed by atoms with Crippen molar-refractivity contribution in [2.45, 2.75) is 45.4 Å². The first-order valence-electron chi connectivity index (χ1n) is 9.78. The molecule has 1 fully saturated rings. The molecule has 1 saturated heterocycles. The van der Waals surface area contributed by atoms with Crippen LogP contribution in [0, 0.1) is 32.5 Å². The molecule has 1 amide bonds. The van der Waals surface area contributed by atoms with Crippen molar-refractivity contribution in [1.82, 2.24) is 4.31 Å². The molecule has 0 saturated carbocycles. The lowest BCUT2D eigenvalue weighted by molar-refractivity contribution is 0.102. The number of halogens is 1. The van der Waals surface area contributed by atoms with Crippen LogP contribution in [0.4, 0.5) is 10.1 Å². The Hall–Kier alpha value is -2.25. The van der Waals surface area contributed by atoms with E-state index in [1.54, 1.807) is 39.0 Å². The van der Waals surface area contributed by atoms with Gasteiger partial charge in [0.2, 0.25) is 10.0 Å². The van der Waals surface area contributed by atoms with E-state index in [1.807, 2.05) is 0 Å². The number of sulfonamides is 1. The number of carbonyl (C=O) groups is 1. The number of rotatable bonds is 4. The predicted octanol–water partition coefficient (Wildman–Crippen LogP) is 4.42. The smallest absolute Gasteiger partial charge is 0.255 e. The zero-order valence-electron chi connectivity index (χ0n) is 17.3. The van der Waals surface area contributed by atoms with Gasteiger partial charge in [-0.25, -0.2) is 12.8 Å². The van der Waals surface area contributed by atoms with E-state index in [0.717, 1.165) is 18.4 Å². The molecule has 5 nitrogen and oxygen atoms in total. The Bertz CT molecular complexity index is 1040. The van der Waals surface area contributed by atoms with Crippen LogP contribution in [0.15, 0.2) is 35.2 Å². The number of hydrogen-bond donors (Lipinski definition) is 1. The highest BCUT2D eigenvalue weighted by Crippen LogP contribution is 2.28. The molecular weight excluding hydrogens is 391 g/mol. The Morgan fingerprint density at radius 1 is 1.10 bits per heavy atom. The maximum absolute atomic E-state index is 14.0. The molecule has 0 radical (unpaired) electrons. The third-order valence-electron chi connectivity index (χ3n) is 5.61. The molecule has 1 aliphatic rings. The summed E-state index contributed by atoms with van der Waals surface area (Å²) < 4.78 is 42.0. The Labute approximate surface area is 172 Å². The molecule has 1 aliphatic heterocycles. The number of aryl methyl sites for hydroxylation is 2. The van der Waals surface area contributed by atoms with Crippen LogP contribution in [-0.4, -0.2) is 31.7 Å². The molecule has 156 valence electrons. The number of hydrogen-bond acceptors (Lipinski definition) is 3. The van der Waals surface area contributed by atoms with Gasteiger partial charge in [0.15, 0.2) is 0 Å². The Morgan fingerprint density at radius 3 is 2.41 bits per heavy atom. The predicted molar refractivity (Wildman–Crippen MR) is 112 cm³/mol. The van der Waals surface area contributed by atoms with Gasteiger partial charge in [0.05, 0.1) is 10.6 Å². The summed E-state index contributed by atoms with van der Waals surface area (Å²) in [7, 11) is -3.70. The molecule has 0 bridgehead atoms. The van der Waals surface area contributed by atoms with Crippen LogP contribution in [0.3, 0.4) is 0 Å². The summed E-state index contributed by atoms with van der Waals surface area (Å²) in [5, 5.41) is 2.56. The monoisotopic (exact) mass is 418 g/mol. The fourth-order valence-corrected chi connectivity index (χ4v) is 5.31. The molecule has 2 aromatic rings. The molecule has 0 aromatic heterocycles. The van der Waals surface area contributed by atoms with Gasteiger partial charge in [-0.05, 0) is 80.5 Å². The average Bonchev–Trinajstić information content (AvgIpc) is 2.66. The van der Waals surface area contributed by atoms with Crippen LogP contribution in [0.1, 0.15) is 46.8 Å². The normalized spacial score (nSPS) is 16.0. The minimum Gasteiger partial charge on any atom is -0.319 e. The van der Waals surface area contributed by atoms with E-state index in [1.165, 1.54) is 16.4 Å². The Kier molecular flexibility index (Phi) is 6.10. The van der Waals surface area contributed by atoms with Crippen LogP contribution < -0.4 is 5.32 Å². The standard InChI is InChI=1S/C22H27FN2O3S/c1-14-7-9-25(10-8-14)29(27,28)21-13-18(12-16(3)17(21)4)22(26)24-20-11-15(2)5-6-19(20)23/h5-6,11-14H,7-10H2,1-4H3,(H,24,26). The lowest BCUT2D eigenvalue weighted by Crippen LogP contribution is -2.38. The van der Waals surface area contributed by atoms with Crippen LogP contribution in [0.5, 0.6) is 0 Å². The van der Waals surface area contributed by atoms with Gasteiger partial charge in [-0.2, -0.15) is 4.31 Å². The largest absolute Gasteiger partial charge is 0.319 e. The highest BCUT2D eigenvalue weighted by molar-refractivity contribution is 7.89. The molecular formula is C22H27FN2O3S. The number of amides is 1. The molecule has 2 aromatic carbocycles. The summed E-state index contributed by atoms with van der Waals surface area (Å²) in [4.78, 5) is 12.9. The lowest BCUT2D eigenvalue weighted by atomic mass is 10.0. The molecule has 29 heavy (non-hydrogen) atoms. The highest BCUT2D eigenvalue weighted by Gasteiger charge is 2.30. The summed E-state index contributed by atoms with van der Waals surface area (Å²) in [6.45, 7) is 8.40. The molecule has 0 atom stereocenters.